The van der Waals surface area contributed by atoms with E-state index in [1.807, 2.05) is 23.1 Å². The summed E-state index contributed by atoms with van der Waals surface area (Å²) in [5.74, 6) is -0.0353. The van der Waals surface area contributed by atoms with Crippen LogP contribution < -0.4 is 10.1 Å². The monoisotopic (exact) mass is 472 g/mol. The highest BCUT2D eigenvalue weighted by atomic mass is 16.5. The molecule has 0 spiro atoms. The highest BCUT2D eigenvalue weighted by Gasteiger charge is 2.41. The molecular weight excluding hydrogens is 444 g/mol. The third kappa shape index (κ3) is 5.77. The number of nitrogens with zero attached hydrogens (tertiary/aromatic N) is 3. The predicted octanol–water partition coefficient (Wildman–Crippen LogP) is 4.82. The van der Waals surface area contributed by atoms with Crippen molar-refractivity contribution >= 4 is 18.1 Å². The van der Waals surface area contributed by atoms with E-state index in [0.29, 0.717) is 24.8 Å². The fourth-order valence-corrected chi connectivity index (χ4v) is 4.51. The van der Waals surface area contributed by atoms with Gasteiger partial charge in [0, 0.05) is 37.4 Å². The minimum Gasteiger partial charge on any atom is -0.478 e. The summed E-state index contributed by atoms with van der Waals surface area (Å²) >= 11 is 0. The fourth-order valence-electron chi connectivity index (χ4n) is 4.51. The molecule has 1 saturated carbocycles. The normalized spacial score (nSPS) is 21.2. The molecule has 1 aromatic carbocycles. The average Bonchev–Trinajstić information content (AvgIpc) is 3.64. The molecule has 1 aromatic heterocycles. The van der Waals surface area contributed by atoms with Crippen molar-refractivity contribution in [2.24, 2.45) is 5.92 Å². The second-order valence-electron chi connectivity index (χ2n) is 9.11. The van der Waals surface area contributed by atoms with Crippen LogP contribution in [0.15, 0.2) is 66.0 Å². The van der Waals surface area contributed by atoms with Gasteiger partial charge >= 0.3 is 18.0 Å². The summed E-state index contributed by atoms with van der Waals surface area (Å²) in [6.07, 6.45) is 16.2. The van der Waals surface area contributed by atoms with Crippen LogP contribution >= 0.6 is 0 Å². The Kier molecular flexibility index (Phi) is 6.61. The Morgan fingerprint density at radius 2 is 1.94 bits per heavy atom. The van der Waals surface area contributed by atoms with E-state index in [1.165, 1.54) is 23.5 Å². The SMILES string of the molecule is O=C(O)c1cnc(Oc2cccc(C=C3CCN(C(=O)NC4CC4C4=CCCC=C4)CC3)c2)nc1. The molecule has 3 aliphatic rings. The van der Waals surface area contributed by atoms with E-state index in [-0.39, 0.29) is 23.6 Å². The lowest BCUT2D eigenvalue weighted by Crippen LogP contribution is -2.44. The number of urea groups is 1. The number of aromatic nitrogens is 2. The van der Waals surface area contributed by atoms with Crippen LogP contribution in [0.4, 0.5) is 4.79 Å². The zero-order chi connectivity index (χ0) is 24.2. The number of amides is 2. The van der Waals surface area contributed by atoms with Gasteiger partial charge in [-0.2, -0.15) is 0 Å². The molecule has 8 heteroatoms. The van der Waals surface area contributed by atoms with Crippen molar-refractivity contribution in [3.05, 3.63) is 77.2 Å². The third-order valence-electron chi connectivity index (χ3n) is 6.56. The van der Waals surface area contributed by atoms with Gasteiger partial charge in [0.05, 0.1) is 5.56 Å². The second kappa shape index (κ2) is 10.1. The zero-order valence-corrected chi connectivity index (χ0v) is 19.4. The first-order chi connectivity index (χ1) is 17.0. The first kappa shape index (κ1) is 22.8. The summed E-state index contributed by atoms with van der Waals surface area (Å²) in [5, 5.41) is 12.2. The molecule has 2 unspecified atom stereocenters. The van der Waals surface area contributed by atoms with E-state index in [0.717, 1.165) is 37.7 Å². The minimum absolute atomic E-state index is 0.00609. The van der Waals surface area contributed by atoms with Crippen molar-refractivity contribution in [2.75, 3.05) is 13.1 Å². The quantitative estimate of drug-likeness (QED) is 0.625. The molecule has 5 rings (SSSR count). The number of rotatable bonds is 6. The maximum atomic E-state index is 12.7. The number of ether oxygens (including phenoxy) is 1. The number of carbonyl (C=O) groups is 2. The largest absolute Gasteiger partial charge is 0.478 e. The Hall–Kier alpha value is -3.94. The molecule has 2 N–H and O–H groups in total. The van der Waals surface area contributed by atoms with E-state index >= 15 is 0 Å². The summed E-state index contributed by atoms with van der Waals surface area (Å²) in [6, 6.07) is 7.97. The first-order valence-electron chi connectivity index (χ1n) is 12.0. The van der Waals surface area contributed by atoms with Gasteiger partial charge in [-0.25, -0.2) is 19.6 Å². The van der Waals surface area contributed by atoms with Crippen molar-refractivity contribution in [3.8, 4) is 11.8 Å². The standard InChI is InChI=1S/C27H28N4O4/c32-25(33)21-16-28-26(29-17-21)35-22-8-4-5-19(14-22)13-18-9-11-31(12-10-18)27(34)30-24-15-23(24)20-6-2-1-3-7-20/h2,4-8,13-14,16-17,23-24H,1,3,9-12,15H2,(H,30,34)(H,32,33). The van der Waals surface area contributed by atoms with Crippen LogP contribution in [0.25, 0.3) is 6.08 Å². The molecule has 35 heavy (non-hydrogen) atoms. The minimum atomic E-state index is -1.08. The number of aromatic carboxylic acids is 1. The van der Waals surface area contributed by atoms with E-state index < -0.39 is 5.97 Å². The van der Waals surface area contributed by atoms with E-state index in [9.17, 15) is 9.59 Å². The molecule has 2 fully saturated rings. The van der Waals surface area contributed by atoms with Gasteiger partial charge in [-0.3, -0.25) is 0 Å². The van der Waals surface area contributed by atoms with Crippen molar-refractivity contribution in [1.29, 1.82) is 0 Å². The topological polar surface area (TPSA) is 105 Å². The number of hydrogen-bond donors (Lipinski definition) is 2. The Bertz CT molecular complexity index is 1190. The van der Waals surface area contributed by atoms with Crippen LogP contribution in [0.3, 0.4) is 0 Å². The highest BCUT2D eigenvalue weighted by Crippen LogP contribution is 2.39. The number of carbonyl (C=O) groups excluding carboxylic acids is 1. The summed E-state index contributed by atoms with van der Waals surface area (Å²) in [5.41, 5.74) is 3.66. The highest BCUT2D eigenvalue weighted by molar-refractivity contribution is 5.86. The Morgan fingerprint density at radius 3 is 2.66 bits per heavy atom. The van der Waals surface area contributed by atoms with Gasteiger partial charge in [0.1, 0.15) is 5.75 Å². The van der Waals surface area contributed by atoms with Crippen LogP contribution in [0.2, 0.25) is 0 Å². The van der Waals surface area contributed by atoms with E-state index in [1.54, 1.807) is 6.07 Å². The molecule has 2 aliphatic carbocycles. The number of nitrogens with one attached hydrogen (secondary N) is 1. The van der Waals surface area contributed by atoms with Gasteiger partial charge in [-0.05, 0) is 55.4 Å². The van der Waals surface area contributed by atoms with Gasteiger partial charge in [0.15, 0.2) is 0 Å². The fraction of sp³-hybridized carbons (Fsp3) is 0.333. The summed E-state index contributed by atoms with van der Waals surface area (Å²) < 4.78 is 5.67. The van der Waals surface area contributed by atoms with E-state index in [2.05, 4.69) is 39.6 Å². The lowest BCUT2D eigenvalue weighted by Gasteiger charge is -2.29. The molecule has 2 heterocycles. The third-order valence-corrected chi connectivity index (χ3v) is 6.56. The maximum Gasteiger partial charge on any atom is 0.338 e. The van der Waals surface area contributed by atoms with Crippen LogP contribution in [0.1, 0.15) is 48.0 Å². The van der Waals surface area contributed by atoms with Crippen LogP contribution in [-0.4, -0.2) is 51.1 Å². The summed E-state index contributed by atoms with van der Waals surface area (Å²) in [4.78, 5) is 33.4. The number of allylic oxidation sites excluding steroid dienone is 3. The number of carboxylic acid groups (broad SMARTS) is 1. The molecule has 180 valence electrons. The van der Waals surface area contributed by atoms with Crippen LogP contribution in [0.5, 0.6) is 11.8 Å². The Labute approximate surface area is 204 Å². The molecule has 2 atom stereocenters. The molecule has 2 amide bonds. The van der Waals surface area contributed by atoms with Crippen molar-refractivity contribution in [1.82, 2.24) is 20.2 Å². The van der Waals surface area contributed by atoms with Crippen molar-refractivity contribution in [3.63, 3.8) is 0 Å². The molecular formula is C27H28N4O4. The molecule has 8 nitrogen and oxygen atoms in total. The van der Waals surface area contributed by atoms with E-state index in [4.69, 9.17) is 9.84 Å². The van der Waals surface area contributed by atoms with Crippen LogP contribution in [0, 0.1) is 5.92 Å². The number of likely N-dealkylation sites (tertiary alicyclic amines) is 1. The molecule has 1 saturated heterocycles. The number of piperidine rings is 1. The Morgan fingerprint density at radius 1 is 1.14 bits per heavy atom. The zero-order valence-electron chi connectivity index (χ0n) is 19.4. The first-order valence-corrected chi connectivity index (χ1v) is 12.0. The van der Waals surface area contributed by atoms with Gasteiger partial charge in [-0.1, -0.05) is 42.0 Å². The summed E-state index contributed by atoms with van der Waals surface area (Å²) in [7, 11) is 0. The number of hydrogen-bond acceptors (Lipinski definition) is 5. The maximum absolute atomic E-state index is 12.7. The lowest BCUT2D eigenvalue weighted by atomic mass is 10.0. The van der Waals surface area contributed by atoms with Crippen molar-refractivity contribution < 1.29 is 19.4 Å². The van der Waals surface area contributed by atoms with Gasteiger partial charge in [0.2, 0.25) is 0 Å². The Balaban J connectivity index is 1.12. The number of carboxylic acids is 1. The van der Waals surface area contributed by atoms with Gasteiger partial charge in [-0.15, -0.1) is 0 Å². The summed E-state index contributed by atoms with van der Waals surface area (Å²) in [6.45, 7) is 1.41. The van der Waals surface area contributed by atoms with Crippen molar-refractivity contribution in [2.45, 2.75) is 38.1 Å². The molecule has 1 aliphatic heterocycles. The molecule has 0 bridgehead atoms. The molecule has 0 radical (unpaired) electrons. The second-order valence-corrected chi connectivity index (χ2v) is 9.11. The smallest absolute Gasteiger partial charge is 0.338 e. The van der Waals surface area contributed by atoms with Gasteiger partial charge in [0.25, 0.3) is 0 Å². The lowest BCUT2D eigenvalue weighted by molar-refractivity contribution is 0.0695. The van der Waals surface area contributed by atoms with Crippen LogP contribution in [-0.2, 0) is 0 Å². The van der Waals surface area contributed by atoms with Gasteiger partial charge < -0.3 is 20.1 Å². The average molecular weight is 473 g/mol. The number of benzene rings is 1. The molecule has 2 aromatic rings. The predicted molar refractivity (Wildman–Crippen MR) is 131 cm³/mol.